The highest BCUT2D eigenvalue weighted by Gasteiger charge is 2.14. The average molecular weight is 401 g/mol. The molecular formula is C18H13ClN4OS2. The van der Waals surface area contributed by atoms with E-state index in [2.05, 4.69) is 15.4 Å². The first-order valence-corrected chi connectivity index (χ1v) is 9.95. The lowest BCUT2D eigenvalue weighted by atomic mass is 10.2. The lowest BCUT2D eigenvalue weighted by Gasteiger charge is -2.08. The van der Waals surface area contributed by atoms with Gasteiger partial charge < -0.3 is 5.32 Å². The van der Waals surface area contributed by atoms with Crippen molar-refractivity contribution in [2.75, 3.05) is 5.32 Å². The van der Waals surface area contributed by atoms with E-state index < -0.39 is 0 Å². The van der Waals surface area contributed by atoms with E-state index in [0.717, 1.165) is 16.1 Å². The number of rotatable bonds is 5. The summed E-state index contributed by atoms with van der Waals surface area (Å²) in [6.07, 6.45) is 1.66. The minimum atomic E-state index is -0.249. The van der Waals surface area contributed by atoms with Gasteiger partial charge in [-0.15, -0.1) is 11.3 Å². The van der Waals surface area contributed by atoms with E-state index in [1.807, 2.05) is 41.1 Å². The van der Waals surface area contributed by atoms with Crippen molar-refractivity contribution in [3.8, 4) is 10.6 Å². The third-order valence-corrected chi connectivity index (χ3v) is 5.54. The van der Waals surface area contributed by atoms with Crippen LogP contribution in [0.3, 0.4) is 0 Å². The molecule has 26 heavy (non-hydrogen) atoms. The van der Waals surface area contributed by atoms with Gasteiger partial charge in [-0.1, -0.05) is 23.7 Å². The minimum Gasteiger partial charge on any atom is -0.305 e. The van der Waals surface area contributed by atoms with Crippen molar-refractivity contribution < 1.29 is 4.79 Å². The van der Waals surface area contributed by atoms with Crippen LogP contribution in [0.2, 0.25) is 5.02 Å². The Morgan fingerprint density at radius 1 is 1.15 bits per heavy atom. The zero-order chi connectivity index (χ0) is 17.9. The highest BCUT2D eigenvalue weighted by molar-refractivity contribution is 7.14. The highest BCUT2D eigenvalue weighted by Crippen LogP contribution is 2.26. The fourth-order valence-corrected chi connectivity index (χ4v) is 4.04. The number of nitrogens with zero attached hydrogens (tertiary/aromatic N) is 3. The quantitative estimate of drug-likeness (QED) is 0.511. The molecule has 3 heterocycles. The molecule has 0 saturated heterocycles. The molecule has 130 valence electrons. The Balaban J connectivity index is 1.48. The van der Waals surface area contributed by atoms with Crippen molar-refractivity contribution in [2.24, 2.45) is 0 Å². The van der Waals surface area contributed by atoms with Crippen LogP contribution in [0.5, 0.6) is 0 Å². The van der Waals surface area contributed by atoms with Gasteiger partial charge >= 0.3 is 0 Å². The molecule has 0 saturated carbocycles. The summed E-state index contributed by atoms with van der Waals surface area (Å²) in [6, 6.07) is 11.3. The van der Waals surface area contributed by atoms with Crippen molar-refractivity contribution in [1.29, 1.82) is 0 Å². The molecule has 0 unspecified atom stereocenters. The third kappa shape index (κ3) is 3.70. The number of halogens is 1. The smallest absolute Gasteiger partial charge is 0.276 e. The van der Waals surface area contributed by atoms with Crippen LogP contribution in [-0.4, -0.2) is 20.7 Å². The minimum absolute atomic E-state index is 0.249. The van der Waals surface area contributed by atoms with Gasteiger partial charge in [0.2, 0.25) is 0 Å². The van der Waals surface area contributed by atoms with E-state index in [9.17, 15) is 4.79 Å². The van der Waals surface area contributed by atoms with Crippen molar-refractivity contribution in [1.82, 2.24) is 14.8 Å². The van der Waals surface area contributed by atoms with Crippen molar-refractivity contribution in [3.63, 3.8) is 0 Å². The van der Waals surface area contributed by atoms with Crippen LogP contribution in [0.1, 0.15) is 16.1 Å². The molecule has 0 radical (unpaired) electrons. The van der Waals surface area contributed by atoms with Gasteiger partial charge in [0.1, 0.15) is 16.5 Å². The predicted octanol–water partition coefficient (Wildman–Crippen LogP) is 5.02. The molecule has 5 nitrogen and oxygen atoms in total. The van der Waals surface area contributed by atoms with E-state index in [-0.39, 0.29) is 5.91 Å². The first-order valence-electron chi connectivity index (χ1n) is 7.75. The summed E-state index contributed by atoms with van der Waals surface area (Å²) in [4.78, 5) is 16.9. The molecule has 0 bridgehead atoms. The number of carbonyl (C=O) groups excluding carboxylic acids is 1. The molecule has 1 amide bonds. The van der Waals surface area contributed by atoms with Crippen molar-refractivity contribution in [3.05, 3.63) is 75.0 Å². The Bertz CT molecular complexity index is 1020. The Labute approximate surface area is 162 Å². The van der Waals surface area contributed by atoms with E-state index in [1.54, 1.807) is 33.7 Å². The van der Waals surface area contributed by atoms with Gasteiger partial charge in [0.05, 0.1) is 12.7 Å². The van der Waals surface area contributed by atoms with Crippen LogP contribution in [0, 0.1) is 0 Å². The normalized spacial score (nSPS) is 10.8. The van der Waals surface area contributed by atoms with Gasteiger partial charge in [-0.2, -0.15) is 16.4 Å². The second kappa shape index (κ2) is 7.41. The van der Waals surface area contributed by atoms with Crippen LogP contribution in [0.15, 0.2) is 58.7 Å². The molecular weight excluding hydrogens is 388 g/mol. The molecule has 0 spiro atoms. The zero-order valence-corrected chi connectivity index (χ0v) is 15.8. The summed E-state index contributed by atoms with van der Waals surface area (Å²) in [5.41, 5.74) is 2.48. The first-order chi connectivity index (χ1) is 12.7. The number of nitrogens with one attached hydrogen (secondary N) is 1. The van der Waals surface area contributed by atoms with Crippen LogP contribution in [0.25, 0.3) is 10.6 Å². The Kier molecular flexibility index (Phi) is 4.83. The van der Waals surface area contributed by atoms with Crippen LogP contribution in [0.4, 0.5) is 5.82 Å². The first kappa shape index (κ1) is 17.0. The van der Waals surface area contributed by atoms with Crippen molar-refractivity contribution in [2.45, 2.75) is 6.54 Å². The molecule has 1 aromatic carbocycles. The number of anilines is 1. The summed E-state index contributed by atoms with van der Waals surface area (Å²) in [6.45, 7) is 0.539. The summed E-state index contributed by atoms with van der Waals surface area (Å²) in [5.74, 6) is 0.371. The van der Waals surface area contributed by atoms with Gasteiger partial charge in [0.25, 0.3) is 5.91 Å². The number of hydrogen-bond acceptors (Lipinski definition) is 5. The summed E-state index contributed by atoms with van der Waals surface area (Å²) in [7, 11) is 0. The van der Waals surface area contributed by atoms with Crippen LogP contribution in [-0.2, 0) is 6.54 Å². The Morgan fingerprint density at radius 2 is 2.00 bits per heavy atom. The van der Waals surface area contributed by atoms with Gasteiger partial charge in [-0.3, -0.25) is 4.79 Å². The van der Waals surface area contributed by atoms with E-state index in [1.165, 1.54) is 11.3 Å². The second-order valence-electron chi connectivity index (χ2n) is 5.50. The van der Waals surface area contributed by atoms with E-state index in [4.69, 9.17) is 11.6 Å². The maximum Gasteiger partial charge on any atom is 0.276 e. The molecule has 0 aliphatic carbocycles. The number of amides is 1. The van der Waals surface area contributed by atoms with Gasteiger partial charge in [0.15, 0.2) is 0 Å². The largest absolute Gasteiger partial charge is 0.305 e. The van der Waals surface area contributed by atoms with Gasteiger partial charge in [-0.05, 0) is 29.1 Å². The number of benzene rings is 1. The number of thiazole rings is 1. The molecule has 0 aliphatic heterocycles. The monoisotopic (exact) mass is 400 g/mol. The Morgan fingerprint density at radius 3 is 2.77 bits per heavy atom. The molecule has 1 N–H and O–H groups in total. The molecule has 4 aromatic rings. The topological polar surface area (TPSA) is 59.8 Å². The van der Waals surface area contributed by atoms with Crippen LogP contribution >= 0.6 is 34.3 Å². The van der Waals surface area contributed by atoms with Gasteiger partial charge in [0, 0.05) is 27.4 Å². The molecule has 0 atom stereocenters. The number of thiophene rings is 1. The lowest BCUT2D eigenvalue weighted by Crippen LogP contribution is -2.16. The second-order valence-corrected chi connectivity index (χ2v) is 7.58. The third-order valence-electron chi connectivity index (χ3n) is 3.71. The maximum absolute atomic E-state index is 12.5. The SMILES string of the molecule is O=C(Nc1ccnn1Cc1ccc(Cl)cc1)c1csc(-c2ccsc2)n1. The average Bonchev–Trinajstić information content (AvgIpc) is 3.38. The molecule has 8 heteroatoms. The standard InChI is InChI=1S/C18H13ClN4OS2/c19-14-3-1-12(2-4-14)9-23-16(5-7-20-23)22-17(24)15-11-26-18(21-15)13-6-8-25-10-13/h1-8,10-11H,9H2,(H,22,24). The van der Waals surface area contributed by atoms with Crippen molar-refractivity contribution >= 4 is 46.0 Å². The lowest BCUT2D eigenvalue weighted by molar-refractivity contribution is 0.102. The number of hydrogen-bond donors (Lipinski definition) is 1. The zero-order valence-electron chi connectivity index (χ0n) is 13.4. The summed E-state index contributed by atoms with van der Waals surface area (Å²) >= 11 is 8.98. The van der Waals surface area contributed by atoms with Gasteiger partial charge in [-0.25, -0.2) is 9.67 Å². The van der Waals surface area contributed by atoms with E-state index in [0.29, 0.717) is 23.1 Å². The summed E-state index contributed by atoms with van der Waals surface area (Å²) in [5, 5.41) is 14.5. The fraction of sp³-hybridized carbons (Fsp3) is 0.0556. The molecule has 3 aromatic heterocycles. The molecule has 4 rings (SSSR count). The fourth-order valence-electron chi connectivity index (χ4n) is 2.40. The number of carbonyl (C=O) groups is 1. The van der Waals surface area contributed by atoms with Crippen LogP contribution < -0.4 is 5.32 Å². The molecule has 0 fully saturated rings. The van der Waals surface area contributed by atoms with E-state index >= 15 is 0 Å². The summed E-state index contributed by atoms with van der Waals surface area (Å²) < 4.78 is 1.73. The molecule has 0 aliphatic rings. The Hall–Kier alpha value is -2.48. The predicted molar refractivity (Wildman–Crippen MR) is 106 cm³/mol. The number of aromatic nitrogens is 3. The highest BCUT2D eigenvalue weighted by atomic mass is 35.5. The maximum atomic E-state index is 12.5.